The molecule has 2 N–H and O–H groups in total. The van der Waals surface area contributed by atoms with Crippen molar-refractivity contribution in [1.29, 1.82) is 0 Å². The number of carboxylic acid groups (broad SMARTS) is 1. The van der Waals surface area contributed by atoms with Gasteiger partial charge in [-0.15, -0.1) is 0 Å². The maximum absolute atomic E-state index is 12.4. The lowest BCUT2D eigenvalue weighted by Gasteiger charge is -2.16. The van der Waals surface area contributed by atoms with E-state index in [0.717, 1.165) is 17.0 Å². The van der Waals surface area contributed by atoms with E-state index in [1.165, 1.54) is 13.2 Å². The number of amides is 1. The SMILES string of the molecule is COc1ccc(C(NC(=O)Cc2c(C)nn(C)c2C)C(=O)O)cc1Cl. The number of nitrogens with one attached hydrogen (secondary N) is 1. The molecule has 2 rings (SSSR count). The van der Waals surface area contributed by atoms with E-state index in [4.69, 9.17) is 16.3 Å². The molecule has 0 radical (unpaired) electrons. The number of ether oxygens (including phenoxy) is 1. The average molecular weight is 366 g/mol. The Morgan fingerprint density at radius 2 is 2.08 bits per heavy atom. The van der Waals surface area contributed by atoms with E-state index in [2.05, 4.69) is 10.4 Å². The van der Waals surface area contributed by atoms with E-state index in [1.54, 1.807) is 23.9 Å². The van der Waals surface area contributed by atoms with Gasteiger partial charge in [0.15, 0.2) is 6.04 Å². The molecule has 1 amide bonds. The summed E-state index contributed by atoms with van der Waals surface area (Å²) in [5, 5.41) is 16.5. The van der Waals surface area contributed by atoms with Crippen LogP contribution in [0.5, 0.6) is 5.75 Å². The number of nitrogens with zero attached hydrogens (tertiary/aromatic N) is 2. The highest BCUT2D eigenvalue weighted by molar-refractivity contribution is 6.32. The standard InChI is InChI=1S/C17H20ClN3O4/c1-9-12(10(2)21(3)20-9)8-15(22)19-16(17(23)24)11-5-6-14(25-4)13(18)7-11/h5-7,16H,8H2,1-4H3,(H,19,22)(H,23,24). The van der Waals surface area contributed by atoms with Gasteiger partial charge in [-0.1, -0.05) is 17.7 Å². The minimum Gasteiger partial charge on any atom is -0.495 e. The highest BCUT2D eigenvalue weighted by Gasteiger charge is 2.24. The fourth-order valence-corrected chi connectivity index (χ4v) is 2.86. The average Bonchev–Trinajstić information content (AvgIpc) is 2.78. The van der Waals surface area contributed by atoms with Crippen LogP contribution in [-0.2, 0) is 23.1 Å². The summed E-state index contributed by atoms with van der Waals surface area (Å²) in [6, 6.07) is 3.40. The maximum Gasteiger partial charge on any atom is 0.330 e. The normalized spacial score (nSPS) is 11.9. The molecule has 7 nitrogen and oxygen atoms in total. The molecule has 0 aliphatic rings. The second-order valence-corrected chi connectivity index (χ2v) is 6.09. The minimum absolute atomic E-state index is 0.0547. The molecule has 1 heterocycles. The topological polar surface area (TPSA) is 93.5 Å². The molecule has 1 unspecified atom stereocenters. The number of carbonyl (C=O) groups excluding carboxylic acids is 1. The number of aromatic nitrogens is 2. The summed E-state index contributed by atoms with van der Waals surface area (Å²) < 4.78 is 6.74. The van der Waals surface area contributed by atoms with Crippen LogP contribution in [0, 0.1) is 13.8 Å². The highest BCUT2D eigenvalue weighted by Crippen LogP contribution is 2.28. The molecule has 1 aromatic heterocycles. The largest absolute Gasteiger partial charge is 0.495 e. The maximum atomic E-state index is 12.4. The molecule has 0 bridgehead atoms. The molecule has 0 saturated heterocycles. The van der Waals surface area contributed by atoms with Gasteiger partial charge in [0.1, 0.15) is 5.75 Å². The summed E-state index contributed by atoms with van der Waals surface area (Å²) in [7, 11) is 3.26. The van der Waals surface area contributed by atoms with Crippen LogP contribution in [0.3, 0.4) is 0 Å². The van der Waals surface area contributed by atoms with Gasteiger partial charge in [0, 0.05) is 18.3 Å². The number of rotatable bonds is 6. The number of aryl methyl sites for hydroxylation is 2. The van der Waals surface area contributed by atoms with Gasteiger partial charge in [-0.05, 0) is 31.5 Å². The van der Waals surface area contributed by atoms with Gasteiger partial charge in [-0.2, -0.15) is 5.10 Å². The number of halogens is 1. The predicted octanol–water partition coefficient (Wildman–Crippen LogP) is 2.18. The number of carbonyl (C=O) groups is 2. The monoisotopic (exact) mass is 365 g/mol. The summed E-state index contributed by atoms with van der Waals surface area (Å²) in [6.07, 6.45) is 0.0547. The van der Waals surface area contributed by atoms with Crippen molar-refractivity contribution in [3.8, 4) is 5.75 Å². The minimum atomic E-state index is -1.20. The van der Waals surface area contributed by atoms with Crippen molar-refractivity contribution in [3.05, 3.63) is 45.7 Å². The van der Waals surface area contributed by atoms with Crippen LogP contribution < -0.4 is 10.1 Å². The molecule has 1 aromatic carbocycles. The Bertz CT molecular complexity index is 816. The zero-order valence-electron chi connectivity index (χ0n) is 14.5. The van der Waals surface area contributed by atoms with Crippen molar-refractivity contribution in [2.45, 2.75) is 26.3 Å². The van der Waals surface area contributed by atoms with Crippen LogP contribution in [0.2, 0.25) is 5.02 Å². The molecule has 0 aliphatic carbocycles. The number of hydrogen-bond acceptors (Lipinski definition) is 4. The van der Waals surface area contributed by atoms with E-state index in [9.17, 15) is 14.7 Å². The number of carboxylic acids is 1. The molecule has 0 saturated carbocycles. The first kappa shape index (κ1) is 18.8. The number of hydrogen-bond donors (Lipinski definition) is 2. The predicted molar refractivity (Wildman–Crippen MR) is 92.9 cm³/mol. The Labute approximate surface area is 150 Å². The van der Waals surface area contributed by atoms with Crippen LogP contribution in [0.15, 0.2) is 18.2 Å². The van der Waals surface area contributed by atoms with E-state index < -0.39 is 17.9 Å². The molecule has 25 heavy (non-hydrogen) atoms. The number of methoxy groups -OCH3 is 1. The second kappa shape index (κ2) is 7.57. The first-order chi connectivity index (χ1) is 11.7. The van der Waals surface area contributed by atoms with Gasteiger partial charge < -0.3 is 15.2 Å². The van der Waals surface area contributed by atoms with Gasteiger partial charge in [0.2, 0.25) is 5.91 Å². The number of aliphatic carboxylic acids is 1. The fourth-order valence-electron chi connectivity index (χ4n) is 2.60. The van der Waals surface area contributed by atoms with Crippen LogP contribution in [0.4, 0.5) is 0 Å². The Morgan fingerprint density at radius 3 is 2.56 bits per heavy atom. The quantitative estimate of drug-likeness (QED) is 0.818. The lowest BCUT2D eigenvalue weighted by atomic mass is 10.1. The Balaban J connectivity index is 2.20. The molecule has 1 atom stereocenters. The summed E-state index contributed by atoms with van der Waals surface area (Å²) in [5.74, 6) is -1.14. The van der Waals surface area contributed by atoms with Crippen molar-refractivity contribution in [1.82, 2.24) is 15.1 Å². The van der Waals surface area contributed by atoms with E-state index >= 15 is 0 Å². The van der Waals surface area contributed by atoms with Gasteiger partial charge in [-0.25, -0.2) is 4.79 Å². The molecule has 134 valence electrons. The van der Waals surface area contributed by atoms with Gasteiger partial charge in [0.25, 0.3) is 0 Å². The third kappa shape index (κ3) is 4.11. The first-order valence-electron chi connectivity index (χ1n) is 7.59. The zero-order chi connectivity index (χ0) is 18.7. The molecule has 0 fully saturated rings. The van der Waals surface area contributed by atoms with Crippen LogP contribution in [0.1, 0.15) is 28.6 Å². The molecule has 0 aliphatic heterocycles. The van der Waals surface area contributed by atoms with Crippen molar-refractivity contribution in [2.24, 2.45) is 7.05 Å². The summed E-state index contributed by atoms with van der Waals surface area (Å²) in [5.41, 5.74) is 2.77. The van der Waals surface area contributed by atoms with E-state index in [-0.39, 0.29) is 11.4 Å². The summed E-state index contributed by atoms with van der Waals surface area (Å²) in [4.78, 5) is 23.9. The van der Waals surface area contributed by atoms with Crippen molar-refractivity contribution in [3.63, 3.8) is 0 Å². The molecule has 8 heteroatoms. The highest BCUT2D eigenvalue weighted by atomic mass is 35.5. The summed E-state index contributed by atoms with van der Waals surface area (Å²) >= 11 is 6.05. The van der Waals surface area contributed by atoms with Crippen molar-refractivity contribution < 1.29 is 19.4 Å². The van der Waals surface area contributed by atoms with Gasteiger partial charge in [-0.3, -0.25) is 9.48 Å². The zero-order valence-corrected chi connectivity index (χ0v) is 15.2. The lowest BCUT2D eigenvalue weighted by Crippen LogP contribution is -2.34. The Hall–Kier alpha value is -2.54. The van der Waals surface area contributed by atoms with E-state index in [1.807, 2.05) is 13.8 Å². The van der Waals surface area contributed by atoms with E-state index in [0.29, 0.717) is 11.3 Å². The molecule has 0 spiro atoms. The lowest BCUT2D eigenvalue weighted by molar-refractivity contribution is -0.141. The third-order valence-electron chi connectivity index (χ3n) is 4.06. The van der Waals surface area contributed by atoms with Crippen molar-refractivity contribution >= 4 is 23.5 Å². The van der Waals surface area contributed by atoms with Gasteiger partial charge >= 0.3 is 5.97 Å². The van der Waals surface area contributed by atoms with Crippen molar-refractivity contribution in [2.75, 3.05) is 7.11 Å². The van der Waals surface area contributed by atoms with Crippen LogP contribution in [-0.4, -0.2) is 33.9 Å². The third-order valence-corrected chi connectivity index (χ3v) is 4.35. The summed E-state index contributed by atoms with van der Waals surface area (Å²) in [6.45, 7) is 3.67. The second-order valence-electron chi connectivity index (χ2n) is 5.68. The molecular formula is C17H20ClN3O4. The molecular weight excluding hydrogens is 346 g/mol. The Morgan fingerprint density at radius 1 is 1.40 bits per heavy atom. The first-order valence-corrected chi connectivity index (χ1v) is 7.97. The van der Waals surface area contributed by atoms with Gasteiger partial charge in [0.05, 0.1) is 24.2 Å². The van der Waals surface area contributed by atoms with Crippen LogP contribution >= 0.6 is 11.6 Å². The fraction of sp³-hybridized carbons (Fsp3) is 0.353. The Kier molecular flexibility index (Phi) is 5.69. The smallest absolute Gasteiger partial charge is 0.330 e. The number of benzene rings is 1. The molecule has 2 aromatic rings. The van der Waals surface area contributed by atoms with Crippen LogP contribution in [0.25, 0.3) is 0 Å².